The van der Waals surface area contributed by atoms with Crippen molar-refractivity contribution in [3.8, 4) is 0 Å². The van der Waals surface area contributed by atoms with Crippen LogP contribution in [0, 0.1) is 5.92 Å². The minimum Gasteiger partial charge on any atom is -0.463 e. The molecule has 0 saturated heterocycles. The number of hydrogen-bond acceptors (Lipinski definition) is 9. The Kier molecular flexibility index (Phi) is 5.12. The van der Waals surface area contributed by atoms with Gasteiger partial charge in [0.25, 0.3) is 11.7 Å². The molecular formula is C19H17N4O6S+. The minimum atomic E-state index is -0.823. The van der Waals surface area contributed by atoms with Gasteiger partial charge in [0.2, 0.25) is 5.76 Å². The van der Waals surface area contributed by atoms with E-state index >= 15 is 0 Å². The monoisotopic (exact) mass is 429 g/mol. The second kappa shape index (κ2) is 7.75. The van der Waals surface area contributed by atoms with E-state index in [1.807, 2.05) is 0 Å². The van der Waals surface area contributed by atoms with E-state index in [1.165, 1.54) is 42.8 Å². The lowest BCUT2D eigenvalue weighted by Gasteiger charge is -2.26. The van der Waals surface area contributed by atoms with Crippen molar-refractivity contribution in [2.45, 2.75) is 5.75 Å². The zero-order valence-corrected chi connectivity index (χ0v) is 17.1. The number of aliphatic imine (C=N–C) groups is 2. The SMILES string of the molecule is COC(=O)c1ccc(CSC2=NC(c3ccco3)=NC3=[N+](C)C(=O)N(C)C(=O)C23)o1. The Labute approximate surface area is 174 Å². The maximum absolute atomic E-state index is 12.8. The van der Waals surface area contributed by atoms with Crippen LogP contribution < -0.4 is 0 Å². The van der Waals surface area contributed by atoms with Crippen LogP contribution in [-0.2, 0) is 15.3 Å². The van der Waals surface area contributed by atoms with Gasteiger partial charge in [-0.2, -0.15) is 9.48 Å². The number of urea groups is 1. The van der Waals surface area contributed by atoms with Gasteiger partial charge in [0, 0.05) is 0 Å². The summed E-state index contributed by atoms with van der Waals surface area (Å²) >= 11 is 1.25. The van der Waals surface area contributed by atoms with Gasteiger partial charge in [-0.15, -0.1) is 11.8 Å². The molecule has 0 saturated carbocycles. The topological polar surface area (TPSA) is 118 Å². The van der Waals surface area contributed by atoms with E-state index in [0.717, 1.165) is 4.90 Å². The van der Waals surface area contributed by atoms with E-state index < -0.39 is 23.8 Å². The predicted molar refractivity (Wildman–Crippen MR) is 107 cm³/mol. The summed E-state index contributed by atoms with van der Waals surface area (Å²) in [5, 5.41) is 0.443. The smallest absolute Gasteiger partial charge is 0.445 e. The number of carbonyl (C=O) groups excluding carboxylic acids is 3. The normalized spacial score (nSPS) is 18.9. The number of fused-ring (bicyclic) bond motifs is 1. The molecule has 0 radical (unpaired) electrons. The Balaban J connectivity index is 1.68. The largest absolute Gasteiger partial charge is 0.463 e. The highest BCUT2D eigenvalue weighted by Crippen LogP contribution is 2.29. The average molecular weight is 429 g/mol. The quantitative estimate of drug-likeness (QED) is 0.539. The van der Waals surface area contributed by atoms with E-state index in [0.29, 0.717) is 22.3 Å². The second-order valence-electron chi connectivity index (χ2n) is 6.44. The standard InChI is InChI=1S/C19H17N4O6S/c1-22-15-13(17(24)23(2)19(22)26)16(21-14(20-15)11-5-4-8-28-11)30-9-10-6-7-12(29-10)18(25)27-3/h4-8,13H,9H2,1-3H3/q+1. The first-order valence-corrected chi connectivity index (χ1v) is 9.82. The Hall–Kier alpha value is -3.47. The molecule has 0 fully saturated rings. The minimum absolute atomic E-state index is 0.0857. The van der Waals surface area contributed by atoms with Crippen molar-refractivity contribution in [1.29, 1.82) is 0 Å². The third kappa shape index (κ3) is 3.36. The number of furan rings is 2. The number of hydrogen-bond donors (Lipinski definition) is 0. The molecule has 3 amide bonds. The Morgan fingerprint density at radius 3 is 2.80 bits per heavy atom. The van der Waals surface area contributed by atoms with Gasteiger partial charge in [-0.25, -0.2) is 14.6 Å². The summed E-state index contributed by atoms with van der Waals surface area (Å²) in [6.45, 7) is 0. The lowest BCUT2D eigenvalue weighted by atomic mass is 10.0. The third-order valence-corrected chi connectivity index (χ3v) is 5.64. The summed E-state index contributed by atoms with van der Waals surface area (Å²) in [6, 6.07) is 6.08. The van der Waals surface area contributed by atoms with Gasteiger partial charge in [-0.1, -0.05) is 4.99 Å². The molecule has 0 spiro atoms. The molecule has 1 atom stereocenters. The molecule has 2 aromatic heterocycles. The van der Waals surface area contributed by atoms with E-state index in [2.05, 4.69) is 14.7 Å². The Morgan fingerprint density at radius 2 is 2.10 bits per heavy atom. The van der Waals surface area contributed by atoms with E-state index in [1.54, 1.807) is 25.2 Å². The molecule has 30 heavy (non-hydrogen) atoms. The predicted octanol–water partition coefficient (Wildman–Crippen LogP) is 2.00. The van der Waals surface area contributed by atoms with Gasteiger partial charge >= 0.3 is 17.9 Å². The molecule has 154 valence electrons. The summed E-state index contributed by atoms with van der Waals surface area (Å²) in [7, 11) is 4.24. The molecule has 2 aromatic rings. The molecule has 0 N–H and O–H groups in total. The van der Waals surface area contributed by atoms with Crippen molar-refractivity contribution in [3.05, 3.63) is 47.8 Å². The first kappa shape index (κ1) is 19.8. The van der Waals surface area contributed by atoms with Crippen LogP contribution in [0.15, 0.2) is 49.3 Å². The number of ether oxygens (including phenoxy) is 1. The van der Waals surface area contributed by atoms with E-state index in [9.17, 15) is 14.4 Å². The molecule has 0 aromatic carbocycles. The van der Waals surface area contributed by atoms with Crippen LogP contribution in [0.5, 0.6) is 0 Å². The zero-order chi connectivity index (χ0) is 21.4. The van der Waals surface area contributed by atoms with Gasteiger partial charge in [-0.05, 0) is 24.3 Å². The van der Waals surface area contributed by atoms with Gasteiger partial charge in [0.15, 0.2) is 11.7 Å². The van der Waals surface area contributed by atoms with Crippen LogP contribution in [0.25, 0.3) is 0 Å². The summed E-state index contributed by atoms with van der Waals surface area (Å²) in [6.07, 6.45) is 1.49. The zero-order valence-electron chi connectivity index (χ0n) is 16.3. The van der Waals surface area contributed by atoms with Crippen LogP contribution in [0.3, 0.4) is 0 Å². The van der Waals surface area contributed by atoms with Crippen molar-refractivity contribution >= 4 is 46.4 Å². The maximum Gasteiger partial charge on any atom is 0.445 e. The summed E-state index contributed by atoms with van der Waals surface area (Å²) in [4.78, 5) is 46.8. The number of esters is 1. The number of methoxy groups -OCH3 is 1. The number of amidine groups is 2. The highest BCUT2D eigenvalue weighted by Gasteiger charge is 2.49. The van der Waals surface area contributed by atoms with E-state index in [4.69, 9.17) is 8.83 Å². The second-order valence-corrected chi connectivity index (χ2v) is 7.43. The number of carbonyl (C=O) groups is 3. The fourth-order valence-electron chi connectivity index (χ4n) is 3.02. The third-order valence-electron chi connectivity index (χ3n) is 4.59. The van der Waals surface area contributed by atoms with E-state index in [-0.39, 0.29) is 17.4 Å². The van der Waals surface area contributed by atoms with Crippen LogP contribution >= 0.6 is 11.8 Å². The molecular weight excluding hydrogens is 412 g/mol. The number of amides is 3. The van der Waals surface area contributed by atoms with Crippen LogP contribution in [0.2, 0.25) is 0 Å². The van der Waals surface area contributed by atoms with Crippen molar-refractivity contribution in [3.63, 3.8) is 0 Å². The first-order chi connectivity index (χ1) is 14.4. The van der Waals surface area contributed by atoms with Crippen molar-refractivity contribution in [1.82, 2.24) is 4.90 Å². The maximum atomic E-state index is 12.8. The van der Waals surface area contributed by atoms with Gasteiger partial charge in [-0.3, -0.25) is 4.79 Å². The fourth-order valence-corrected chi connectivity index (χ4v) is 3.98. The van der Waals surface area contributed by atoms with Gasteiger partial charge < -0.3 is 13.6 Å². The number of imide groups is 1. The Morgan fingerprint density at radius 1 is 1.30 bits per heavy atom. The molecule has 10 nitrogen and oxygen atoms in total. The molecule has 0 aliphatic carbocycles. The van der Waals surface area contributed by atoms with Crippen LogP contribution in [-0.4, -0.2) is 65.3 Å². The number of nitrogens with zero attached hydrogens (tertiary/aromatic N) is 4. The van der Waals surface area contributed by atoms with Gasteiger partial charge in [0.1, 0.15) is 10.8 Å². The summed E-state index contributed by atoms with van der Waals surface area (Å²) in [5.41, 5.74) is 0. The summed E-state index contributed by atoms with van der Waals surface area (Å²) in [5.74, 6) is 0.0375. The van der Waals surface area contributed by atoms with Crippen molar-refractivity contribution in [2.24, 2.45) is 15.9 Å². The number of thioether (sulfide) groups is 1. The lowest BCUT2D eigenvalue weighted by Crippen LogP contribution is -2.54. The molecule has 11 heteroatoms. The van der Waals surface area contributed by atoms with Gasteiger partial charge in [0.05, 0.1) is 33.2 Å². The highest BCUT2D eigenvalue weighted by molar-refractivity contribution is 8.13. The fraction of sp³-hybridized carbons (Fsp3) is 0.263. The Bertz CT molecular complexity index is 1130. The van der Waals surface area contributed by atoms with Crippen LogP contribution in [0.1, 0.15) is 22.1 Å². The molecule has 4 heterocycles. The van der Waals surface area contributed by atoms with Crippen molar-refractivity contribution in [2.75, 3.05) is 21.2 Å². The molecule has 2 aliphatic rings. The van der Waals surface area contributed by atoms with Crippen LogP contribution in [0.4, 0.5) is 4.79 Å². The highest BCUT2D eigenvalue weighted by atomic mass is 32.2. The van der Waals surface area contributed by atoms with Crippen molar-refractivity contribution < 1.29 is 32.5 Å². The number of rotatable bonds is 4. The summed E-state index contributed by atoms with van der Waals surface area (Å²) < 4.78 is 16.8. The average Bonchev–Trinajstić information content (AvgIpc) is 3.46. The molecule has 4 rings (SSSR count). The first-order valence-electron chi connectivity index (χ1n) is 8.83. The lowest BCUT2D eigenvalue weighted by molar-refractivity contribution is -0.407. The molecule has 2 aliphatic heterocycles. The molecule has 1 unspecified atom stereocenters. The molecule has 0 bridgehead atoms.